The third kappa shape index (κ3) is 9.54. The summed E-state index contributed by atoms with van der Waals surface area (Å²) in [6.07, 6.45) is -4.26. The maximum atomic E-state index is 15.0. The molecule has 12 nitrogen and oxygen atoms in total. The van der Waals surface area contributed by atoms with Gasteiger partial charge in [0.1, 0.15) is 11.9 Å². The smallest absolute Gasteiger partial charge is 0.429 e. The summed E-state index contributed by atoms with van der Waals surface area (Å²) in [5, 5.41) is 0. The average molecular weight is 776 g/mol. The molecule has 1 unspecified atom stereocenters. The molecule has 0 bridgehead atoms. The number of halogens is 3. The lowest BCUT2D eigenvalue weighted by Gasteiger charge is -2.39. The first-order valence-corrected chi connectivity index (χ1v) is 20.0. The van der Waals surface area contributed by atoms with Gasteiger partial charge in [-0.2, -0.15) is 23.1 Å². The lowest BCUT2D eigenvalue weighted by atomic mass is 9.76. The summed E-state index contributed by atoms with van der Waals surface area (Å²) in [5.74, 6) is -0.787. The van der Waals surface area contributed by atoms with Crippen LogP contribution >= 0.6 is 0 Å². The summed E-state index contributed by atoms with van der Waals surface area (Å²) in [6, 6.07) is 11.0. The van der Waals surface area contributed by atoms with Crippen LogP contribution in [0.15, 0.2) is 53.4 Å². The Kier molecular flexibility index (Phi) is 12.3. The van der Waals surface area contributed by atoms with Crippen molar-refractivity contribution in [1.29, 1.82) is 0 Å². The molecule has 2 fully saturated rings. The van der Waals surface area contributed by atoms with E-state index in [9.17, 15) is 18.0 Å². The Morgan fingerprint density at radius 1 is 1.04 bits per heavy atom. The van der Waals surface area contributed by atoms with Gasteiger partial charge < -0.3 is 24.8 Å². The van der Waals surface area contributed by atoms with Crippen LogP contribution in [-0.4, -0.2) is 86.7 Å². The van der Waals surface area contributed by atoms with E-state index in [4.69, 9.17) is 19.9 Å². The minimum Gasteiger partial charge on any atom is -0.464 e. The molecule has 3 aromatic rings. The third-order valence-corrected chi connectivity index (χ3v) is 10.9. The largest absolute Gasteiger partial charge is 0.464 e. The predicted octanol–water partition coefficient (Wildman–Crippen LogP) is 6.78. The second kappa shape index (κ2) is 16.4. The first kappa shape index (κ1) is 40.6. The number of likely N-dealkylation sites (tertiary alicyclic amines) is 1. The van der Waals surface area contributed by atoms with E-state index in [1.807, 2.05) is 25.7 Å². The number of alkyl halides is 3. The van der Waals surface area contributed by atoms with Gasteiger partial charge in [-0.25, -0.2) is 18.0 Å². The Hall–Kier alpha value is -4.60. The zero-order chi connectivity index (χ0) is 39.4. The predicted molar refractivity (Wildman–Crippen MR) is 197 cm³/mol. The second-order valence-electron chi connectivity index (χ2n) is 14.5. The fraction of sp³-hybridized carbons (Fsp3) is 0.526. The summed E-state index contributed by atoms with van der Waals surface area (Å²) in [4.78, 5) is 37.6. The van der Waals surface area contributed by atoms with Gasteiger partial charge in [0.25, 0.3) is 0 Å². The Morgan fingerprint density at radius 3 is 2.39 bits per heavy atom. The molecule has 2 saturated heterocycles. The van der Waals surface area contributed by atoms with Gasteiger partial charge in [0.05, 0.1) is 18.1 Å². The third-order valence-electron chi connectivity index (χ3n) is 9.74. The molecule has 1 amide bonds. The van der Waals surface area contributed by atoms with E-state index in [1.165, 1.54) is 35.2 Å². The minimum absolute atomic E-state index is 0.0302. The molecule has 2 N–H and O–H groups in total. The van der Waals surface area contributed by atoms with Crippen molar-refractivity contribution < 1.29 is 45.4 Å². The number of esters is 1. The lowest BCUT2D eigenvalue weighted by molar-refractivity contribution is -0.198. The average Bonchev–Trinajstić information content (AvgIpc) is 3.48. The van der Waals surface area contributed by atoms with Crippen molar-refractivity contribution in [2.75, 3.05) is 49.7 Å². The summed E-state index contributed by atoms with van der Waals surface area (Å²) < 4.78 is 86.2. The van der Waals surface area contributed by atoms with Gasteiger partial charge in [0, 0.05) is 37.5 Å². The first-order valence-electron chi connectivity index (χ1n) is 18.1. The molecule has 54 heavy (non-hydrogen) atoms. The number of rotatable bonds is 12. The normalized spacial score (nSPS) is 17.8. The van der Waals surface area contributed by atoms with Crippen LogP contribution in [0.4, 0.5) is 29.7 Å². The number of hydrogen-bond acceptors (Lipinski definition) is 11. The number of aromatic nitrogens is 2. The summed E-state index contributed by atoms with van der Waals surface area (Å²) in [6.45, 7) is 8.94. The number of aryl methyl sites for hydroxylation is 1. The van der Waals surface area contributed by atoms with Gasteiger partial charge >= 0.3 is 18.2 Å². The van der Waals surface area contributed by atoms with E-state index in [-0.39, 0.29) is 58.4 Å². The number of ether oxygens (including phenoxy) is 3. The van der Waals surface area contributed by atoms with Crippen LogP contribution in [0.5, 0.6) is 5.88 Å². The lowest BCUT2D eigenvalue weighted by Crippen LogP contribution is -2.44. The fourth-order valence-corrected chi connectivity index (χ4v) is 7.77. The van der Waals surface area contributed by atoms with E-state index in [0.29, 0.717) is 57.3 Å². The molecule has 3 heterocycles. The molecule has 0 radical (unpaired) electrons. The van der Waals surface area contributed by atoms with Crippen LogP contribution in [0.25, 0.3) is 11.1 Å². The molecular weight excluding hydrogens is 728 g/mol. The van der Waals surface area contributed by atoms with Gasteiger partial charge in [0.2, 0.25) is 17.9 Å². The van der Waals surface area contributed by atoms with Gasteiger partial charge in [-0.3, -0.25) is 4.90 Å². The maximum Gasteiger partial charge on any atom is 0.429 e. The molecule has 294 valence electrons. The topological polar surface area (TPSA) is 154 Å². The number of nitrogens with zero attached hydrogens (tertiary/aromatic N) is 4. The molecule has 2 atom stereocenters. The molecule has 2 aliphatic heterocycles. The zero-order valence-corrected chi connectivity index (χ0v) is 32.0. The Morgan fingerprint density at radius 2 is 1.76 bits per heavy atom. The highest BCUT2D eigenvalue weighted by atomic mass is 32.2. The van der Waals surface area contributed by atoms with Crippen LogP contribution in [0.1, 0.15) is 70.6 Å². The van der Waals surface area contributed by atoms with Crippen molar-refractivity contribution in [2.45, 2.75) is 83.0 Å². The summed E-state index contributed by atoms with van der Waals surface area (Å²) in [7, 11) is -3.64. The van der Waals surface area contributed by atoms with Crippen molar-refractivity contribution in [1.82, 2.24) is 14.9 Å². The van der Waals surface area contributed by atoms with Gasteiger partial charge in [-0.15, -0.1) is 0 Å². The molecule has 2 aliphatic rings. The first-order chi connectivity index (χ1) is 25.4. The number of sulfone groups is 1. The van der Waals surface area contributed by atoms with Gasteiger partial charge in [0.15, 0.2) is 9.84 Å². The molecule has 16 heteroatoms. The Bertz CT molecular complexity index is 1930. The van der Waals surface area contributed by atoms with Crippen molar-refractivity contribution in [2.24, 2.45) is 11.3 Å². The number of nitrogen functional groups attached to an aromatic ring is 1. The number of nitrogens with two attached hydrogens (primary N) is 1. The van der Waals surface area contributed by atoms with Crippen LogP contribution in [-0.2, 0) is 30.5 Å². The van der Waals surface area contributed by atoms with Crippen molar-refractivity contribution in [3.8, 4) is 17.0 Å². The van der Waals surface area contributed by atoms with E-state index in [1.54, 1.807) is 25.1 Å². The number of benzene rings is 2. The Labute approximate surface area is 314 Å². The van der Waals surface area contributed by atoms with Gasteiger partial charge in [-0.1, -0.05) is 57.5 Å². The molecule has 0 saturated carbocycles. The van der Waals surface area contributed by atoms with Gasteiger partial charge in [-0.05, 0) is 72.8 Å². The van der Waals surface area contributed by atoms with Crippen molar-refractivity contribution >= 4 is 33.7 Å². The second-order valence-corrected chi connectivity index (χ2v) is 16.5. The maximum absolute atomic E-state index is 15.0. The van der Waals surface area contributed by atoms with E-state index < -0.39 is 45.6 Å². The van der Waals surface area contributed by atoms with E-state index in [2.05, 4.69) is 9.97 Å². The summed E-state index contributed by atoms with van der Waals surface area (Å²) in [5.41, 5.74) is 6.53. The molecule has 0 aliphatic carbocycles. The van der Waals surface area contributed by atoms with E-state index >= 15 is 13.2 Å². The SMILES string of the molecule is CCCc1ccc(-c2cccc(S(C)(=O)=O)c2)c([C@@H](Oc2cc(N3CCC4(CC3)CC(C(=O)OCC)N(C(=O)OCC(C)C)C4)nc(N)n2)C(F)(F)F)c1. The number of carbonyl (C=O) groups is 2. The molecule has 5 rings (SSSR count). The van der Waals surface area contributed by atoms with E-state index in [0.717, 1.165) is 6.26 Å². The number of hydrogen-bond donors (Lipinski definition) is 1. The minimum atomic E-state index is -4.91. The quantitative estimate of drug-likeness (QED) is 0.194. The van der Waals surface area contributed by atoms with Crippen LogP contribution in [0, 0.1) is 11.3 Å². The van der Waals surface area contributed by atoms with Crippen molar-refractivity contribution in [3.63, 3.8) is 0 Å². The molecule has 1 aromatic heterocycles. The number of piperidine rings is 1. The van der Waals surface area contributed by atoms with Crippen LogP contribution in [0.3, 0.4) is 0 Å². The highest BCUT2D eigenvalue weighted by molar-refractivity contribution is 7.90. The number of amides is 1. The summed E-state index contributed by atoms with van der Waals surface area (Å²) >= 11 is 0. The molecule has 1 spiro atoms. The monoisotopic (exact) mass is 775 g/mol. The molecular formula is C38H48F3N5O7S. The molecule has 2 aromatic carbocycles. The highest BCUT2D eigenvalue weighted by Crippen LogP contribution is 2.46. The van der Waals surface area contributed by atoms with Crippen LogP contribution < -0.4 is 15.4 Å². The highest BCUT2D eigenvalue weighted by Gasteiger charge is 2.51. The van der Waals surface area contributed by atoms with Crippen molar-refractivity contribution in [3.05, 3.63) is 59.7 Å². The number of anilines is 2. The Balaban J connectivity index is 1.41. The van der Waals surface area contributed by atoms with Crippen LogP contribution in [0.2, 0.25) is 0 Å². The zero-order valence-electron chi connectivity index (χ0n) is 31.2. The standard InChI is InChI=1S/C38H48F3N5O7S/c1-6-9-25-12-13-28(26-10-8-11-27(19-26)54(5,49)50)29(18-25)33(38(39,40)41)53-32-20-31(43-35(42)44-32)45-16-14-37(15-17-45)21-30(34(47)51-7-2)46(23-37)36(48)52-22-24(3)4/h8,10-13,18-20,24,30,33H,6-7,9,14-17,21-23H2,1-5H3,(H2,42,43,44)/t30?,33-/m1/s1. The fourth-order valence-electron chi connectivity index (χ4n) is 7.10. The number of carbonyl (C=O) groups excluding carboxylic acids is 2.